The lowest BCUT2D eigenvalue weighted by atomic mass is 10.2. The molecular formula is C10H14F3N3O3. The fraction of sp³-hybridized carbons (Fsp3) is 0.700. The predicted octanol–water partition coefficient (Wildman–Crippen LogP) is 1.26. The Morgan fingerprint density at radius 2 is 2.21 bits per heavy atom. The van der Waals surface area contributed by atoms with E-state index in [4.69, 9.17) is 5.11 Å². The molecule has 0 amide bonds. The first-order chi connectivity index (χ1) is 8.87. The smallest absolute Gasteiger partial charge is 0.411 e. The third-order valence-electron chi connectivity index (χ3n) is 2.12. The number of halogens is 3. The highest BCUT2D eigenvalue weighted by Gasteiger charge is 2.27. The number of alkyl halides is 3. The van der Waals surface area contributed by atoms with Crippen LogP contribution in [0.25, 0.3) is 0 Å². The second-order valence-corrected chi connectivity index (χ2v) is 3.89. The third-order valence-corrected chi connectivity index (χ3v) is 2.12. The van der Waals surface area contributed by atoms with Crippen molar-refractivity contribution < 1.29 is 27.8 Å². The van der Waals surface area contributed by atoms with E-state index in [9.17, 15) is 18.0 Å². The first-order valence-corrected chi connectivity index (χ1v) is 5.62. The van der Waals surface area contributed by atoms with E-state index in [0.717, 1.165) is 0 Å². The molecule has 0 fully saturated rings. The number of ether oxygens (including phenoxy) is 1. The van der Waals surface area contributed by atoms with Gasteiger partial charge in [-0.3, -0.25) is 9.48 Å². The Morgan fingerprint density at radius 1 is 1.47 bits per heavy atom. The van der Waals surface area contributed by atoms with Gasteiger partial charge in [0.15, 0.2) is 0 Å². The molecule has 0 spiro atoms. The predicted molar refractivity (Wildman–Crippen MR) is 57.5 cm³/mol. The van der Waals surface area contributed by atoms with E-state index in [2.05, 4.69) is 15.0 Å². The summed E-state index contributed by atoms with van der Waals surface area (Å²) in [6.45, 7) is -0.907. The molecule has 108 valence electrons. The number of aromatic nitrogens is 3. The quantitative estimate of drug-likeness (QED) is 0.726. The molecule has 0 aromatic carbocycles. The van der Waals surface area contributed by atoms with Gasteiger partial charge >= 0.3 is 12.1 Å². The number of aliphatic carboxylic acids is 1. The summed E-state index contributed by atoms with van der Waals surface area (Å²) >= 11 is 0. The topological polar surface area (TPSA) is 77.2 Å². The molecule has 9 heteroatoms. The minimum atomic E-state index is -4.31. The van der Waals surface area contributed by atoms with Crippen LogP contribution in [0.4, 0.5) is 13.2 Å². The molecule has 0 radical (unpaired) electrons. The molecule has 0 unspecified atom stereocenters. The van der Waals surface area contributed by atoms with E-state index in [-0.39, 0.29) is 19.4 Å². The van der Waals surface area contributed by atoms with Crippen LogP contribution in [0, 0.1) is 0 Å². The van der Waals surface area contributed by atoms with Gasteiger partial charge in [-0.1, -0.05) is 5.21 Å². The summed E-state index contributed by atoms with van der Waals surface area (Å²) in [5, 5.41) is 16.0. The molecule has 19 heavy (non-hydrogen) atoms. The standard InChI is InChI=1S/C10H14F3N3O3/c11-10(12,13)7-19-5-1-4-16-6-8(14-15-16)2-3-9(17)18/h6H,1-5,7H2,(H,17,18). The van der Waals surface area contributed by atoms with Gasteiger partial charge in [-0.25, -0.2) is 0 Å². The number of nitrogens with zero attached hydrogens (tertiary/aromatic N) is 3. The largest absolute Gasteiger partial charge is 0.481 e. The minimum absolute atomic E-state index is 0.0240. The van der Waals surface area contributed by atoms with Crippen LogP contribution < -0.4 is 0 Å². The monoisotopic (exact) mass is 281 g/mol. The summed E-state index contributed by atoms with van der Waals surface area (Å²) in [7, 11) is 0. The number of rotatable bonds is 8. The van der Waals surface area contributed by atoms with Crippen molar-refractivity contribution in [2.45, 2.75) is 32.0 Å². The molecule has 6 nitrogen and oxygen atoms in total. The second-order valence-electron chi connectivity index (χ2n) is 3.89. The van der Waals surface area contributed by atoms with E-state index in [1.165, 1.54) is 4.68 Å². The third kappa shape index (κ3) is 7.39. The summed E-state index contributed by atoms with van der Waals surface area (Å²) in [5.74, 6) is -0.921. The first-order valence-electron chi connectivity index (χ1n) is 5.62. The molecule has 0 aliphatic rings. The maximum atomic E-state index is 11.8. The molecule has 1 aromatic heterocycles. The van der Waals surface area contributed by atoms with Crippen molar-refractivity contribution in [2.24, 2.45) is 0 Å². The molecule has 0 saturated carbocycles. The fourth-order valence-corrected chi connectivity index (χ4v) is 1.31. The SMILES string of the molecule is O=C(O)CCc1cn(CCCOCC(F)(F)F)nn1. The molecule has 0 saturated heterocycles. The van der Waals surface area contributed by atoms with Crippen molar-refractivity contribution >= 4 is 5.97 Å². The summed E-state index contributed by atoms with van der Waals surface area (Å²) in [6, 6.07) is 0. The average Bonchev–Trinajstić information content (AvgIpc) is 2.72. The molecule has 0 aliphatic heterocycles. The van der Waals surface area contributed by atoms with E-state index in [1.807, 2.05) is 0 Å². The average molecular weight is 281 g/mol. The Labute approximate surface area is 107 Å². The van der Waals surface area contributed by atoms with E-state index in [1.54, 1.807) is 6.20 Å². The van der Waals surface area contributed by atoms with E-state index >= 15 is 0 Å². The minimum Gasteiger partial charge on any atom is -0.481 e. The zero-order chi connectivity index (χ0) is 14.3. The summed E-state index contributed by atoms with van der Waals surface area (Å²) in [6.07, 6.45) is -2.12. The van der Waals surface area contributed by atoms with Crippen LogP contribution in [0.15, 0.2) is 6.20 Å². The van der Waals surface area contributed by atoms with Crippen LogP contribution in [0.1, 0.15) is 18.5 Å². The lowest BCUT2D eigenvalue weighted by molar-refractivity contribution is -0.174. The van der Waals surface area contributed by atoms with Gasteiger partial charge in [0.2, 0.25) is 0 Å². The van der Waals surface area contributed by atoms with Crippen molar-refractivity contribution in [2.75, 3.05) is 13.2 Å². The van der Waals surface area contributed by atoms with Gasteiger partial charge in [0.05, 0.1) is 12.1 Å². The zero-order valence-electron chi connectivity index (χ0n) is 10.1. The van der Waals surface area contributed by atoms with Crippen molar-refractivity contribution in [1.29, 1.82) is 0 Å². The maximum absolute atomic E-state index is 11.8. The Bertz CT molecular complexity index is 406. The Balaban J connectivity index is 2.18. The molecule has 0 aliphatic carbocycles. The van der Waals surface area contributed by atoms with Gasteiger partial charge < -0.3 is 9.84 Å². The molecule has 1 N–H and O–H groups in total. The van der Waals surface area contributed by atoms with Crippen molar-refractivity contribution in [1.82, 2.24) is 15.0 Å². The number of carbonyl (C=O) groups is 1. The Kier molecular flexibility index (Phi) is 5.74. The molecular weight excluding hydrogens is 267 g/mol. The lowest BCUT2D eigenvalue weighted by Gasteiger charge is -2.06. The number of carboxylic acid groups (broad SMARTS) is 1. The highest BCUT2D eigenvalue weighted by molar-refractivity contribution is 5.66. The van der Waals surface area contributed by atoms with Crippen molar-refractivity contribution in [3.8, 4) is 0 Å². The van der Waals surface area contributed by atoms with Gasteiger partial charge in [0.25, 0.3) is 0 Å². The van der Waals surface area contributed by atoms with Crippen LogP contribution in [0.2, 0.25) is 0 Å². The van der Waals surface area contributed by atoms with Crippen LogP contribution in [-0.2, 0) is 22.5 Å². The second kappa shape index (κ2) is 7.07. The first kappa shape index (κ1) is 15.4. The van der Waals surface area contributed by atoms with Gasteiger partial charge in [0, 0.05) is 25.8 Å². The van der Waals surface area contributed by atoms with Gasteiger partial charge in [-0.05, 0) is 6.42 Å². The number of carboxylic acids is 1. The molecule has 1 rings (SSSR count). The zero-order valence-corrected chi connectivity index (χ0v) is 10.1. The molecule has 1 aromatic rings. The highest BCUT2D eigenvalue weighted by Crippen LogP contribution is 2.14. The van der Waals surface area contributed by atoms with Crippen LogP contribution in [0.5, 0.6) is 0 Å². The van der Waals surface area contributed by atoms with E-state index < -0.39 is 18.8 Å². The molecule has 1 heterocycles. The van der Waals surface area contributed by atoms with Crippen LogP contribution in [-0.4, -0.2) is 45.5 Å². The summed E-state index contributed by atoms with van der Waals surface area (Å²) in [5.41, 5.74) is 0.540. The van der Waals surface area contributed by atoms with Gasteiger partial charge in [-0.15, -0.1) is 5.10 Å². The van der Waals surface area contributed by atoms with Crippen molar-refractivity contribution in [3.05, 3.63) is 11.9 Å². The number of hydrogen-bond acceptors (Lipinski definition) is 4. The van der Waals surface area contributed by atoms with Crippen molar-refractivity contribution in [3.63, 3.8) is 0 Å². The summed E-state index contributed by atoms with van der Waals surface area (Å²) < 4.78 is 41.2. The fourth-order valence-electron chi connectivity index (χ4n) is 1.31. The Hall–Kier alpha value is -1.64. The van der Waals surface area contributed by atoms with Gasteiger partial charge in [-0.2, -0.15) is 13.2 Å². The van der Waals surface area contributed by atoms with Crippen LogP contribution >= 0.6 is 0 Å². The Morgan fingerprint density at radius 3 is 2.84 bits per heavy atom. The molecule has 0 atom stereocenters. The van der Waals surface area contributed by atoms with Crippen LogP contribution in [0.3, 0.4) is 0 Å². The normalized spacial score (nSPS) is 11.7. The summed E-state index contributed by atoms with van der Waals surface area (Å²) in [4.78, 5) is 10.3. The highest BCUT2D eigenvalue weighted by atomic mass is 19.4. The van der Waals surface area contributed by atoms with Gasteiger partial charge in [0.1, 0.15) is 6.61 Å². The lowest BCUT2D eigenvalue weighted by Crippen LogP contribution is -2.17. The number of hydrogen-bond donors (Lipinski definition) is 1. The van der Waals surface area contributed by atoms with E-state index in [0.29, 0.717) is 18.7 Å². The molecule has 0 bridgehead atoms. The number of aryl methyl sites for hydroxylation is 2. The maximum Gasteiger partial charge on any atom is 0.411 e.